The maximum Gasteiger partial charge on any atom is 0.323 e. The zero-order valence-electron chi connectivity index (χ0n) is 14.5. The zero-order valence-corrected chi connectivity index (χ0v) is 16.9. The predicted molar refractivity (Wildman–Crippen MR) is 108 cm³/mol. The highest BCUT2D eigenvalue weighted by molar-refractivity contribution is 9.10. The van der Waals surface area contributed by atoms with Crippen LogP contribution in [0, 0.1) is 13.8 Å². The summed E-state index contributed by atoms with van der Waals surface area (Å²) in [7, 11) is 1.65. The molecule has 0 bridgehead atoms. The zero-order chi connectivity index (χ0) is 18.0. The third-order valence-corrected chi connectivity index (χ3v) is 6.12. The first kappa shape index (κ1) is 18.1. The van der Waals surface area contributed by atoms with Crippen LogP contribution in [-0.2, 0) is 0 Å². The summed E-state index contributed by atoms with van der Waals surface area (Å²) in [5.74, 6) is 1.72. The number of urea groups is 1. The summed E-state index contributed by atoms with van der Waals surface area (Å²) >= 11 is 5.30. The summed E-state index contributed by atoms with van der Waals surface area (Å²) in [4.78, 5) is 14.7. The van der Waals surface area contributed by atoms with E-state index in [1.165, 1.54) is 5.56 Å². The lowest BCUT2D eigenvalue weighted by Crippen LogP contribution is -2.34. The number of hydrogen-bond donors (Lipinski definition) is 1. The molecule has 1 fully saturated rings. The van der Waals surface area contributed by atoms with Crippen molar-refractivity contribution in [2.24, 2.45) is 0 Å². The molecule has 132 valence electrons. The molecular formula is C19H21BrN2O2S. The Labute approximate surface area is 161 Å². The van der Waals surface area contributed by atoms with E-state index < -0.39 is 0 Å². The van der Waals surface area contributed by atoms with Gasteiger partial charge < -0.3 is 15.0 Å². The van der Waals surface area contributed by atoms with E-state index in [1.54, 1.807) is 18.9 Å². The molecule has 3 rings (SSSR count). The predicted octanol–water partition coefficient (Wildman–Crippen LogP) is 5.35. The Morgan fingerprint density at radius 3 is 2.76 bits per heavy atom. The number of carbonyl (C=O) groups excluding carboxylic acids is 1. The van der Waals surface area contributed by atoms with Gasteiger partial charge in [-0.3, -0.25) is 0 Å². The number of nitrogens with zero attached hydrogens (tertiary/aromatic N) is 1. The number of nitrogens with one attached hydrogen (secondary N) is 1. The standard InChI is InChI=1S/C19H21BrN2O2S/c1-12-4-6-16(13(2)10-12)21-19(23)22-8-9-25-18(22)14-5-7-17(24-3)15(20)11-14/h4-7,10-11,18H,8-9H2,1-3H3,(H,21,23). The molecule has 0 saturated carbocycles. The average Bonchev–Trinajstić information content (AvgIpc) is 3.07. The number of halogens is 1. The van der Waals surface area contributed by atoms with Gasteiger partial charge in [-0.05, 0) is 59.1 Å². The lowest BCUT2D eigenvalue weighted by molar-refractivity contribution is 0.214. The van der Waals surface area contributed by atoms with Crippen LogP contribution in [0.25, 0.3) is 0 Å². The van der Waals surface area contributed by atoms with Crippen molar-refractivity contribution in [3.8, 4) is 5.75 Å². The summed E-state index contributed by atoms with van der Waals surface area (Å²) in [6.07, 6.45) is 0. The normalized spacial score (nSPS) is 16.8. The highest BCUT2D eigenvalue weighted by Crippen LogP contribution is 2.40. The molecule has 1 N–H and O–H groups in total. The first-order valence-corrected chi connectivity index (χ1v) is 9.93. The summed E-state index contributed by atoms with van der Waals surface area (Å²) in [5, 5.41) is 3.06. The van der Waals surface area contributed by atoms with Gasteiger partial charge in [0.05, 0.1) is 11.6 Å². The number of amides is 2. The van der Waals surface area contributed by atoms with E-state index >= 15 is 0 Å². The van der Waals surface area contributed by atoms with Gasteiger partial charge in [0.25, 0.3) is 0 Å². The Hall–Kier alpha value is -1.66. The van der Waals surface area contributed by atoms with Crippen molar-refractivity contribution in [2.75, 3.05) is 24.7 Å². The van der Waals surface area contributed by atoms with Crippen LogP contribution in [0.4, 0.5) is 10.5 Å². The number of ether oxygens (including phenoxy) is 1. The van der Waals surface area contributed by atoms with Crippen molar-refractivity contribution in [1.82, 2.24) is 4.90 Å². The van der Waals surface area contributed by atoms with Crippen LogP contribution >= 0.6 is 27.7 Å². The van der Waals surface area contributed by atoms with Crippen molar-refractivity contribution in [2.45, 2.75) is 19.2 Å². The quantitative estimate of drug-likeness (QED) is 0.726. The number of hydrogen-bond acceptors (Lipinski definition) is 3. The summed E-state index contributed by atoms with van der Waals surface area (Å²) in [6, 6.07) is 12.0. The molecule has 1 unspecified atom stereocenters. The van der Waals surface area contributed by atoms with Crippen molar-refractivity contribution >= 4 is 39.4 Å². The molecular weight excluding hydrogens is 400 g/mol. The highest BCUT2D eigenvalue weighted by Gasteiger charge is 2.31. The molecule has 6 heteroatoms. The van der Waals surface area contributed by atoms with Crippen LogP contribution < -0.4 is 10.1 Å². The minimum Gasteiger partial charge on any atom is -0.496 e. The number of methoxy groups -OCH3 is 1. The van der Waals surface area contributed by atoms with Gasteiger partial charge in [0.1, 0.15) is 11.1 Å². The molecule has 1 atom stereocenters. The van der Waals surface area contributed by atoms with Crippen molar-refractivity contribution in [3.63, 3.8) is 0 Å². The number of rotatable bonds is 3. The molecule has 1 aliphatic rings. The van der Waals surface area contributed by atoms with Gasteiger partial charge in [0.15, 0.2) is 0 Å². The third-order valence-electron chi connectivity index (χ3n) is 4.24. The van der Waals surface area contributed by atoms with Gasteiger partial charge in [0, 0.05) is 18.0 Å². The van der Waals surface area contributed by atoms with E-state index in [-0.39, 0.29) is 11.4 Å². The van der Waals surface area contributed by atoms with E-state index in [1.807, 2.05) is 49.1 Å². The number of benzene rings is 2. The van der Waals surface area contributed by atoms with Crippen LogP contribution in [-0.4, -0.2) is 30.3 Å². The third kappa shape index (κ3) is 3.96. The molecule has 0 aliphatic carbocycles. The lowest BCUT2D eigenvalue weighted by Gasteiger charge is -2.25. The number of carbonyl (C=O) groups is 1. The van der Waals surface area contributed by atoms with Crippen LogP contribution in [0.2, 0.25) is 0 Å². The van der Waals surface area contributed by atoms with Crippen LogP contribution in [0.5, 0.6) is 5.75 Å². The summed E-state index contributed by atoms with van der Waals surface area (Å²) in [6.45, 7) is 4.79. The molecule has 25 heavy (non-hydrogen) atoms. The van der Waals surface area contributed by atoms with Crippen LogP contribution in [0.1, 0.15) is 22.1 Å². The number of anilines is 1. The van der Waals surface area contributed by atoms with E-state index in [0.29, 0.717) is 0 Å². The van der Waals surface area contributed by atoms with E-state index in [9.17, 15) is 4.79 Å². The molecule has 4 nitrogen and oxygen atoms in total. The molecule has 2 aromatic rings. The first-order valence-electron chi connectivity index (χ1n) is 8.09. The fraction of sp³-hybridized carbons (Fsp3) is 0.316. The second-order valence-electron chi connectivity index (χ2n) is 6.06. The topological polar surface area (TPSA) is 41.6 Å². The highest BCUT2D eigenvalue weighted by atomic mass is 79.9. The monoisotopic (exact) mass is 420 g/mol. The molecule has 1 heterocycles. The minimum atomic E-state index is -0.0612. The van der Waals surface area contributed by atoms with Crippen LogP contribution in [0.15, 0.2) is 40.9 Å². The fourth-order valence-corrected chi connectivity index (χ4v) is 4.74. The Morgan fingerprint density at radius 2 is 2.08 bits per heavy atom. The van der Waals surface area contributed by atoms with E-state index in [0.717, 1.165) is 39.3 Å². The Balaban J connectivity index is 1.78. The number of aryl methyl sites for hydroxylation is 2. The fourth-order valence-electron chi connectivity index (χ4n) is 2.93. The molecule has 1 aliphatic heterocycles. The second kappa shape index (κ2) is 7.70. The summed E-state index contributed by atoms with van der Waals surface area (Å²) in [5.41, 5.74) is 4.21. The maximum absolute atomic E-state index is 12.8. The average molecular weight is 421 g/mol. The van der Waals surface area contributed by atoms with Gasteiger partial charge in [-0.2, -0.15) is 0 Å². The molecule has 2 aromatic carbocycles. The van der Waals surface area contributed by atoms with Gasteiger partial charge in [-0.25, -0.2) is 4.79 Å². The van der Waals surface area contributed by atoms with Crippen molar-refractivity contribution < 1.29 is 9.53 Å². The molecule has 0 radical (unpaired) electrons. The molecule has 2 amide bonds. The second-order valence-corrected chi connectivity index (χ2v) is 8.10. The molecule has 1 saturated heterocycles. The van der Waals surface area contributed by atoms with E-state index in [2.05, 4.69) is 27.3 Å². The molecule has 0 aromatic heterocycles. The van der Waals surface area contributed by atoms with Crippen molar-refractivity contribution in [1.29, 1.82) is 0 Å². The van der Waals surface area contributed by atoms with Gasteiger partial charge >= 0.3 is 6.03 Å². The number of thioether (sulfide) groups is 1. The van der Waals surface area contributed by atoms with Gasteiger partial charge in [-0.1, -0.05) is 23.8 Å². The van der Waals surface area contributed by atoms with Crippen molar-refractivity contribution in [3.05, 3.63) is 57.6 Å². The SMILES string of the molecule is COc1ccc(C2SCCN2C(=O)Nc2ccc(C)cc2C)cc1Br. The van der Waals surface area contributed by atoms with Gasteiger partial charge in [0.2, 0.25) is 0 Å². The van der Waals surface area contributed by atoms with E-state index in [4.69, 9.17) is 4.74 Å². The Bertz CT molecular complexity index is 797. The Morgan fingerprint density at radius 1 is 1.28 bits per heavy atom. The minimum absolute atomic E-state index is 0.00737. The summed E-state index contributed by atoms with van der Waals surface area (Å²) < 4.78 is 6.19. The maximum atomic E-state index is 12.8. The first-order chi connectivity index (χ1) is 12.0. The van der Waals surface area contributed by atoms with Gasteiger partial charge in [-0.15, -0.1) is 11.8 Å². The Kier molecular flexibility index (Phi) is 5.59. The van der Waals surface area contributed by atoms with Crippen LogP contribution in [0.3, 0.4) is 0 Å². The lowest BCUT2D eigenvalue weighted by atomic mass is 10.1. The molecule has 0 spiro atoms. The smallest absolute Gasteiger partial charge is 0.323 e. The largest absolute Gasteiger partial charge is 0.496 e.